The predicted octanol–water partition coefficient (Wildman–Crippen LogP) is 3.20. The quantitative estimate of drug-likeness (QED) is 0.680. The van der Waals surface area contributed by atoms with Crippen molar-refractivity contribution < 1.29 is 14.3 Å². The van der Waals surface area contributed by atoms with Gasteiger partial charge in [0, 0.05) is 10.6 Å². The van der Waals surface area contributed by atoms with Crippen molar-refractivity contribution in [3.63, 3.8) is 0 Å². The third kappa shape index (κ3) is 4.36. The fourth-order valence-electron chi connectivity index (χ4n) is 1.70. The number of esters is 1. The van der Waals surface area contributed by atoms with E-state index in [4.69, 9.17) is 0 Å². The third-order valence-electron chi connectivity index (χ3n) is 2.74. The molecule has 0 aliphatic carbocycles. The van der Waals surface area contributed by atoms with Crippen molar-refractivity contribution in [1.82, 2.24) is 0 Å². The number of hydrogen-bond acceptors (Lipinski definition) is 4. The lowest BCUT2D eigenvalue weighted by Gasteiger charge is -2.09. The Morgan fingerprint density at radius 3 is 2.43 bits per heavy atom. The Bertz CT molecular complexity index is 628. The SMILES string of the molecule is COC(=O)CSc1ccccc1C(=O)Nc1ccccc1. The van der Waals surface area contributed by atoms with E-state index in [-0.39, 0.29) is 17.6 Å². The second-order valence-electron chi connectivity index (χ2n) is 4.18. The highest BCUT2D eigenvalue weighted by Gasteiger charge is 2.13. The summed E-state index contributed by atoms with van der Waals surface area (Å²) in [4.78, 5) is 24.3. The average Bonchev–Trinajstić information content (AvgIpc) is 2.53. The van der Waals surface area contributed by atoms with Crippen molar-refractivity contribution in [1.29, 1.82) is 0 Å². The maximum absolute atomic E-state index is 12.3. The van der Waals surface area contributed by atoms with Gasteiger partial charge in [0.1, 0.15) is 0 Å². The molecule has 21 heavy (non-hydrogen) atoms. The standard InChI is InChI=1S/C16H15NO3S/c1-20-15(18)11-21-14-10-6-5-9-13(14)16(19)17-12-7-3-2-4-8-12/h2-10H,11H2,1H3,(H,17,19). The maximum atomic E-state index is 12.3. The van der Waals surface area contributed by atoms with Gasteiger partial charge in [-0.25, -0.2) is 0 Å². The van der Waals surface area contributed by atoms with Crippen LogP contribution in [0.4, 0.5) is 5.69 Å². The average molecular weight is 301 g/mol. The lowest BCUT2D eigenvalue weighted by atomic mass is 10.2. The molecule has 0 saturated heterocycles. The van der Waals surface area contributed by atoms with Gasteiger partial charge in [0.25, 0.3) is 5.91 Å². The van der Waals surface area contributed by atoms with Crippen LogP contribution in [-0.2, 0) is 9.53 Å². The Kier molecular flexibility index (Phi) is 5.40. The summed E-state index contributed by atoms with van der Waals surface area (Å²) in [6.07, 6.45) is 0. The van der Waals surface area contributed by atoms with Crippen LogP contribution < -0.4 is 5.32 Å². The molecule has 1 amide bonds. The van der Waals surface area contributed by atoms with Crippen LogP contribution in [0.1, 0.15) is 10.4 Å². The second kappa shape index (κ2) is 7.50. The smallest absolute Gasteiger partial charge is 0.315 e. The minimum atomic E-state index is -0.321. The van der Waals surface area contributed by atoms with Gasteiger partial charge in [0.15, 0.2) is 0 Å². The number of carbonyl (C=O) groups is 2. The fraction of sp³-hybridized carbons (Fsp3) is 0.125. The Hall–Kier alpha value is -2.27. The number of ether oxygens (including phenoxy) is 1. The van der Waals surface area contributed by atoms with Gasteiger partial charge in [0.05, 0.1) is 18.4 Å². The van der Waals surface area contributed by atoms with Crippen LogP contribution >= 0.6 is 11.8 Å². The van der Waals surface area contributed by atoms with Gasteiger partial charge in [0.2, 0.25) is 0 Å². The van der Waals surface area contributed by atoms with Crippen LogP contribution in [0.15, 0.2) is 59.5 Å². The molecule has 0 aromatic heterocycles. The first-order valence-corrected chi connectivity index (χ1v) is 7.34. The summed E-state index contributed by atoms with van der Waals surface area (Å²) >= 11 is 1.28. The molecule has 0 radical (unpaired) electrons. The Morgan fingerprint density at radius 1 is 1.05 bits per heavy atom. The van der Waals surface area contributed by atoms with Crippen LogP contribution in [0, 0.1) is 0 Å². The number of methoxy groups -OCH3 is 1. The van der Waals surface area contributed by atoms with Gasteiger partial charge in [-0.15, -0.1) is 11.8 Å². The highest BCUT2D eigenvalue weighted by Crippen LogP contribution is 2.23. The molecular formula is C16H15NO3S. The molecule has 1 N–H and O–H groups in total. The van der Waals surface area contributed by atoms with Crippen molar-refractivity contribution in [2.45, 2.75) is 4.90 Å². The van der Waals surface area contributed by atoms with Crippen LogP contribution in [-0.4, -0.2) is 24.7 Å². The van der Waals surface area contributed by atoms with Gasteiger partial charge in [-0.1, -0.05) is 30.3 Å². The number of amides is 1. The summed E-state index contributed by atoms with van der Waals surface area (Å²) in [5.41, 5.74) is 1.27. The molecule has 0 spiro atoms. The van der Waals surface area contributed by atoms with Crippen LogP contribution in [0.2, 0.25) is 0 Å². The van der Waals surface area contributed by atoms with E-state index in [2.05, 4.69) is 10.1 Å². The molecule has 4 nitrogen and oxygen atoms in total. The summed E-state index contributed by atoms with van der Waals surface area (Å²) < 4.78 is 4.61. The summed E-state index contributed by atoms with van der Waals surface area (Å²) in [6, 6.07) is 16.4. The maximum Gasteiger partial charge on any atom is 0.315 e. The van der Waals surface area contributed by atoms with Crippen molar-refractivity contribution >= 4 is 29.3 Å². The van der Waals surface area contributed by atoms with Gasteiger partial charge < -0.3 is 10.1 Å². The largest absolute Gasteiger partial charge is 0.468 e. The fourth-order valence-corrected chi connectivity index (χ4v) is 2.58. The molecule has 0 aliphatic heterocycles. The Balaban J connectivity index is 2.11. The molecule has 108 valence electrons. The monoisotopic (exact) mass is 301 g/mol. The minimum Gasteiger partial charge on any atom is -0.468 e. The zero-order valence-corrected chi connectivity index (χ0v) is 12.4. The van der Waals surface area contributed by atoms with Crippen molar-refractivity contribution in [2.75, 3.05) is 18.2 Å². The summed E-state index contributed by atoms with van der Waals surface area (Å²) in [7, 11) is 1.34. The summed E-state index contributed by atoms with van der Waals surface area (Å²) in [5, 5.41) is 2.83. The highest BCUT2D eigenvalue weighted by molar-refractivity contribution is 8.00. The lowest BCUT2D eigenvalue weighted by molar-refractivity contribution is -0.137. The number of rotatable bonds is 5. The van der Waals surface area contributed by atoms with E-state index in [9.17, 15) is 9.59 Å². The van der Waals surface area contributed by atoms with E-state index in [1.54, 1.807) is 12.1 Å². The first-order chi connectivity index (χ1) is 10.2. The van der Waals surface area contributed by atoms with E-state index in [1.165, 1.54) is 18.9 Å². The molecule has 0 unspecified atom stereocenters. The van der Waals surface area contributed by atoms with E-state index >= 15 is 0 Å². The van der Waals surface area contributed by atoms with Gasteiger partial charge in [-0.2, -0.15) is 0 Å². The molecule has 0 aliphatic rings. The van der Waals surface area contributed by atoms with Crippen molar-refractivity contribution in [3.8, 4) is 0 Å². The molecule has 2 aromatic carbocycles. The molecule has 0 bridgehead atoms. The molecule has 5 heteroatoms. The van der Waals surface area contributed by atoms with Crippen LogP contribution in [0.5, 0.6) is 0 Å². The Labute approximate surface area is 127 Å². The van der Waals surface area contributed by atoms with Gasteiger partial charge in [-0.05, 0) is 24.3 Å². The summed E-state index contributed by atoms with van der Waals surface area (Å²) in [6.45, 7) is 0. The minimum absolute atomic E-state index is 0.173. The van der Waals surface area contributed by atoms with Gasteiger partial charge in [-0.3, -0.25) is 9.59 Å². The van der Waals surface area contributed by atoms with Crippen molar-refractivity contribution in [2.24, 2.45) is 0 Å². The number of hydrogen-bond donors (Lipinski definition) is 1. The topological polar surface area (TPSA) is 55.4 Å². The number of thioether (sulfide) groups is 1. The number of para-hydroxylation sites is 1. The molecule has 2 aromatic rings. The number of anilines is 1. The van der Waals surface area contributed by atoms with Crippen molar-refractivity contribution in [3.05, 3.63) is 60.2 Å². The molecule has 2 rings (SSSR count). The first-order valence-electron chi connectivity index (χ1n) is 6.36. The number of nitrogens with one attached hydrogen (secondary N) is 1. The van der Waals surface area contributed by atoms with E-state index in [0.717, 1.165) is 10.6 Å². The highest BCUT2D eigenvalue weighted by atomic mass is 32.2. The summed E-state index contributed by atoms with van der Waals surface area (Å²) in [5.74, 6) is -0.348. The van der Waals surface area contributed by atoms with E-state index in [1.807, 2.05) is 42.5 Å². The Morgan fingerprint density at radius 2 is 1.71 bits per heavy atom. The molecular weight excluding hydrogens is 286 g/mol. The zero-order chi connectivity index (χ0) is 15.1. The number of carbonyl (C=O) groups excluding carboxylic acids is 2. The van der Waals surface area contributed by atoms with E-state index in [0.29, 0.717) is 5.56 Å². The zero-order valence-electron chi connectivity index (χ0n) is 11.5. The molecule has 0 saturated carbocycles. The third-order valence-corrected chi connectivity index (χ3v) is 3.78. The van der Waals surface area contributed by atoms with Gasteiger partial charge >= 0.3 is 5.97 Å². The molecule has 0 atom stereocenters. The number of benzene rings is 2. The normalized spacial score (nSPS) is 9.95. The first kappa shape index (κ1) is 15.1. The predicted molar refractivity (Wildman–Crippen MR) is 83.6 cm³/mol. The van der Waals surface area contributed by atoms with Crippen LogP contribution in [0.3, 0.4) is 0 Å². The van der Waals surface area contributed by atoms with E-state index < -0.39 is 0 Å². The second-order valence-corrected chi connectivity index (χ2v) is 5.20. The lowest BCUT2D eigenvalue weighted by Crippen LogP contribution is -2.13. The molecule has 0 heterocycles. The molecule has 0 fully saturated rings. The van der Waals surface area contributed by atoms with Crippen LogP contribution in [0.25, 0.3) is 0 Å².